The van der Waals surface area contributed by atoms with Gasteiger partial charge in [-0.1, -0.05) is 32.6 Å². The van der Waals surface area contributed by atoms with E-state index in [1.807, 2.05) is 0 Å². The molecule has 0 bridgehead atoms. The van der Waals surface area contributed by atoms with Crippen molar-refractivity contribution in [1.82, 2.24) is 20.0 Å². The predicted molar refractivity (Wildman–Crippen MR) is 105 cm³/mol. The van der Waals surface area contributed by atoms with E-state index < -0.39 is 0 Å². The Kier molecular flexibility index (Phi) is 8.00. The number of nitriles is 1. The highest BCUT2D eigenvalue weighted by atomic mass is 16.5. The third-order valence-electron chi connectivity index (χ3n) is 5.77. The zero-order valence-electron chi connectivity index (χ0n) is 16.7. The lowest BCUT2D eigenvalue weighted by Gasteiger charge is -2.36. The van der Waals surface area contributed by atoms with E-state index in [1.54, 1.807) is 0 Å². The molecule has 27 heavy (non-hydrogen) atoms. The average Bonchev–Trinajstić information content (AvgIpc) is 3.01. The van der Waals surface area contributed by atoms with Crippen LogP contribution in [0.3, 0.4) is 0 Å². The molecule has 0 spiro atoms. The van der Waals surface area contributed by atoms with Crippen LogP contribution in [-0.2, 0) is 11.2 Å². The van der Waals surface area contributed by atoms with Gasteiger partial charge >= 0.3 is 0 Å². The molecule has 2 heterocycles. The maximum absolute atomic E-state index is 9.36. The smallest absolute Gasteiger partial charge is 0.232 e. The van der Waals surface area contributed by atoms with Crippen LogP contribution in [-0.4, -0.2) is 59.4 Å². The molecule has 1 aromatic heterocycles. The fourth-order valence-corrected chi connectivity index (χ4v) is 4.26. The lowest BCUT2D eigenvalue weighted by molar-refractivity contribution is -0.0877. The van der Waals surface area contributed by atoms with E-state index in [-0.39, 0.29) is 0 Å². The zero-order valence-corrected chi connectivity index (χ0v) is 16.7. The van der Waals surface area contributed by atoms with E-state index >= 15 is 0 Å². The standard InChI is InChI=1S/C21H33N5O/c1-2-25(26-12-14-27-15-13-26)11-7-10-19-16-20(24-21(17-22)23-19)18-8-5-3-4-6-9-18/h16,18H,2-15H2,1H3. The van der Waals surface area contributed by atoms with Gasteiger partial charge in [0.15, 0.2) is 0 Å². The van der Waals surface area contributed by atoms with Crippen molar-refractivity contribution in [2.45, 2.75) is 64.2 Å². The van der Waals surface area contributed by atoms with Gasteiger partial charge in [-0.25, -0.2) is 20.0 Å². The van der Waals surface area contributed by atoms with Crippen molar-refractivity contribution < 1.29 is 4.74 Å². The molecule has 2 aliphatic rings. The van der Waals surface area contributed by atoms with Crippen LogP contribution < -0.4 is 0 Å². The Morgan fingerprint density at radius 2 is 1.93 bits per heavy atom. The second kappa shape index (κ2) is 10.7. The first-order valence-corrected chi connectivity index (χ1v) is 10.7. The average molecular weight is 372 g/mol. The Labute approximate surface area is 163 Å². The van der Waals surface area contributed by atoms with Crippen molar-refractivity contribution in [2.75, 3.05) is 39.4 Å². The number of hydrogen-bond acceptors (Lipinski definition) is 6. The minimum absolute atomic E-state index is 0.340. The number of aromatic nitrogens is 2. The fourth-order valence-electron chi connectivity index (χ4n) is 4.26. The number of aryl methyl sites for hydroxylation is 1. The SMILES string of the molecule is CCN(CCCc1cc(C2CCCCCC2)nc(C#N)n1)N1CCOCC1. The van der Waals surface area contributed by atoms with Gasteiger partial charge in [0.1, 0.15) is 6.07 Å². The Hall–Kier alpha value is -1.55. The topological polar surface area (TPSA) is 65.3 Å². The molecule has 148 valence electrons. The monoisotopic (exact) mass is 371 g/mol. The van der Waals surface area contributed by atoms with Gasteiger partial charge in [0.05, 0.1) is 13.2 Å². The highest BCUT2D eigenvalue weighted by Gasteiger charge is 2.19. The van der Waals surface area contributed by atoms with Crippen molar-refractivity contribution in [1.29, 1.82) is 5.26 Å². The lowest BCUT2D eigenvalue weighted by Crippen LogP contribution is -2.49. The summed E-state index contributed by atoms with van der Waals surface area (Å²) in [5.41, 5.74) is 2.12. The Morgan fingerprint density at radius 3 is 2.59 bits per heavy atom. The quantitative estimate of drug-likeness (QED) is 0.685. The summed E-state index contributed by atoms with van der Waals surface area (Å²) in [7, 11) is 0. The minimum atomic E-state index is 0.340. The van der Waals surface area contributed by atoms with E-state index in [9.17, 15) is 5.26 Å². The molecule has 1 saturated carbocycles. The summed E-state index contributed by atoms with van der Waals surface area (Å²) in [6.07, 6.45) is 9.54. The number of hydrogen-bond donors (Lipinski definition) is 0. The van der Waals surface area contributed by atoms with E-state index in [1.165, 1.54) is 38.5 Å². The van der Waals surface area contributed by atoms with Crippen molar-refractivity contribution in [3.8, 4) is 6.07 Å². The van der Waals surface area contributed by atoms with Crippen LogP contribution in [0.1, 0.15) is 75.0 Å². The Balaban J connectivity index is 1.60. The highest BCUT2D eigenvalue weighted by molar-refractivity contribution is 5.21. The second-order valence-corrected chi connectivity index (χ2v) is 7.62. The molecule has 2 fully saturated rings. The first kappa shape index (κ1) is 20.2. The Bertz CT molecular complexity index is 615. The van der Waals surface area contributed by atoms with Crippen LogP contribution in [0.25, 0.3) is 0 Å². The van der Waals surface area contributed by atoms with Gasteiger partial charge in [-0.15, -0.1) is 0 Å². The molecule has 0 atom stereocenters. The molecule has 1 aromatic rings. The number of rotatable bonds is 7. The predicted octanol–water partition coefficient (Wildman–Crippen LogP) is 3.29. The summed E-state index contributed by atoms with van der Waals surface area (Å²) in [6, 6.07) is 4.34. The molecule has 0 unspecified atom stereocenters. The van der Waals surface area contributed by atoms with Crippen LogP contribution in [0.2, 0.25) is 0 Å². The maximum atomic E-state index is 9.36. The van der Waals surface area contributed by atoms with Gasteiger partial charge in [0.2, 0.25) is 5.82 Å². The molecular weight excluding hydrogens is 338 g/mol. The van der Waals surface area contributed by atoms with E-state index in [2.05, 4.69) is 39.0 Å². The summed E-state index contributed by atoms with van der Waals surface area (Å²) >= 11 is 0. The molecule has 1 saturated heterocycles. The molecular formula is C21H33N5O. The highest BCUT2D eigenvalue weighted by Crippen LogP contribution is 2.30. The van der Waals surface area contributed by atoms with Gasteiger partial charge in [-0.3, -0.25) is 0 Å². The summed E-state index contributed by atoms with van der Waals surface area (Å²) in [6.45, 7) is 7.83. The minimum Gasteiger partial charge on any atom is -0.379 e. The van der Waals surface area contributed by atoms with Crippen molar-refractivity contribution in [3.05, 3.63) is 23.3 Å². The number of ether oxygens (including phenoxy) is 1. The molecule has 0 radical (unpaired) electrons. The lowest BCUT2D eigenvalue weighted by atomic mass is 9.95. The number of morpholine rings is 1. The first-order chi connectivity index (χ1) is 13.3. The van der Waals surface area contributed by atoms with E-state index in [4.69, 9.17) is 4.74 Å². The molecule has 3 rings (SSSR count). The van der Waals surface area contributed by atoms with Crippen LogP contribution in [0.4, 0.5) is 0 Å². The van der Waals surface area contributed by atoms with Crippen molar-refractivity contribution >= 4 is 0 Å². The normalized spacial score (nSPS) is 19.7. The van der Waals surface area contributed by atoms with Crippen LogP contribution >= 0.6 is 0 Å². The molecule has 6 heteroatoms. The molecule has 1 aliphatic carbocycles. The van der Waals surface area contributed by atoms with Crippen molar-refractivity contribution in [3.63, 3.8) is 0 Å². The summed E-state index contributed by atoms with van der Waals surface area (Å²) in [4.78, 5) is 9.03. The van der Waals surface area contributed by atoms with Crippen LogP contribution in [0.5, 0.6) is 0 Å². The molecule has 1 aliphatic heterocycles. The van der Waals surface area contributed by atoms with Crippen LogP contribution in [0.15, 0.2) is 6.07 Å². The summed E-state index contributed by atoms with van der Waals surface area (Å²) in [5.74, 6) is 0.842. The Morgan fingerprint density at radius 1 is 1.19 bits per heavy atom. The largest absolute Gasteiger partial charge is 0.379 e. The summed E-state index contributed by atoms with van der Waals surface area (Å²) < 4.78 is 5.46. The van der Waals surface area contributed by atoms with Gasteiger partial charge in [-0.2, -0.15) is 5.26 Å². The third kappa shape index (κ3) is 5.97. The molecule has 6 nitrogen and oxygen atoms in total. The molecule has 0 amide bonds. The van der Waals surface area contributed by atoms with E-state index in [0.717, 1.165) is 63.6 Å². The zero-order chi connectivity index (χ0) is 18.9. The molecule has 0 N–H and O–H groups in total. The fraction of sp³-hybridized carbons (Fsp3) is 0.762. The second-order valence-electron chi connectivity index (χ2n) is 7.62. The number of hydrazine groups is 1. The van der Waals surface area contributed by atoms with Gasteiger partial charge in [0, 0.05) is 43.5 Å². The summed E-state index contributed by atoms with van der Waals surface area (Å²) in [5, 5.41) is 14.2. The maximum Gasteiger partial charge on any atom is 0.232 e. The third-order valence-corrected chi connectivity index (χ3v) is 5.77. The van der Waals surface area contributed by atoms with Crippen LogP contribution in [0, 0.1) is 11.3 Å². The molecule has 0 aromatic carbocycles. The van der Waals surface area contributed by atoms with Gasteiger partial charge < -0.3 is 4.74 Å². The van der Waals surface area contributed by atoms with E-state index in [0.29, 0.717) is 11.7 Å². The van der Waals surface area contributed by atoms with Gasteiger partial charge in [0.25, 0.3) is 0 Å². The van der Waals surface area contributed by atoms with Crippen molar-refractivity contribution in [2.24, 2.45) is 0 Å². The number of nitrogens with zero attached hydrogens (tertiary/aromatic N) is 5. The van der Waals surface area contributed by atoms with Gasteiger partial charge in [-0.05, 0) is 31.7 Å². The first-order valence-electron chi connectivity index (χ1n) is 10.7.